The van der Waals surface area contributed by atoms with E-state index in [2.05, 4.69) is 17.3 Å². The Hall–Kier alpha value is -1.85. The third kappa shape index (κ3) is 4.06. The lowest BCUT2D eigenvalue weighted by molar-refractivity contribution is 0.199. The molecule has 21 heavy (non-hydrogen) atoms. The van der Waals surface area contributed by atoms with Gasteiger partial charge in [-0.15, -0.1) is 0 Å². The molecule has 0 saturated heterocycles. The second kappa shape index (κ2) is 7.81. The first kappa shape index (κ1) is 15.5. The van der Waals surface area contributed by atoms with Crippen LogP contribution in [0.2, 0.25) is 0 Å². The predicted octanol–water partition coefficient (Wildman–Crippen LogP) is 2.32. The number of nitrogens with one attached hydrogen (secondary N) is 1. The number of rotatable bonds is 8. The molecule has 0 bridgehead atoms. The Kier molecular flexibility index (Phi) is 5.78. The molecule has 2 aromatic rings. The third-order valence-corrected chi connectivity index (χ3v) is 3.30. The van der Waals surface area contributed by atoms with Gasteiger partial charge in [-0.3, -0.25) is 0 Å². The van der Waals surface area contributed by atoms with E-state index < -0.39 is 0 Å². The van der Waals surface area contributed by atoms with E-state index in [0.29, 0.717) is 13.2 Å². The highest BCUT2D eigenvalue weighted by molar-refractivity contribution is 5.39. The van der Waals surface area contributed by atoms with Crippen molar-refractivity contribution in [1.29, 1.82) is 0 Å². The van der Waals surface area contributed by atoms with Crippen molar-refractivity contribution in [2.45, 2.75) is 20.4 Å². The van der Waals surface area contributed by atoms with Crippen molar-refractivity contribution in [3.8, 4) is 11.4 Å². The Morgan fingerprint density at radius 1 is 1.24 bits per heavy atom. The normalized spacial score (nSPS) is 10.8. The Balaban J connectivity index is 2.05. The number of benzene rings is 1. The van der Waals surface area contributed by atoms with Gasteiger partial charge in [0.25, 0.3) is 0 Å². The summed E-state index contributed by atoms with van der Waals surface area (Å²) in [6.45, 7) is 7.09. The molecule has 2 rings (SSSR count). The molecule has 0 amide bonds. The fourth-order valence-electron chi connectivity index (χ4n) is 2.12. The van der Waals surface area contributed by atoms with Crippen LogP contribution in [0.1, 0.15) is 18.2 Å². The van der Waals surface area contributed by atoms with Crippen molar-refractivity contribution in [1.82, 2.24) is 15.1 Å². The Bertz CT molecular complexity index is 549. The molecule has 0 aliphatic carbocycles. The van der Waals surface area contributed by atoms with Crippen LogP contribution >= 0.6 is 0 Å². The topological polar surface area (TPSA) is 48.3 Å². The molecule has 1 aromatic heterocycles. The van der Waals surface area contributed by atoms with Gasteiger partial charge in [0.15, 0.2) is 0 Å². The molecule has 0 aliphatic heterocycles. The number of aromatic nitrogens is 2. The van der Waals surface area contributed by atoms with Gasteiger partial charge < -0.3 is 14.8 Å². The first-order valence-electron chi connectivity index (χ1n) is 7.22. The highest BCUT2D eigenvalue weighted by atomic mass is 16.5. The molecule has 1 heterocycles. The molecule has 5 nitrogen and oxygen atoms in total. The maximum Gasteiger partial charge on any atom is 0.119 e. The molecule has 5 heteroatoms. The molecular weight excluding hydrogens is 266 g/mol. The second-order valence-electron chi connectivity index (χ2n) is 4.76. The van der Waals surface area contributed by atoms with Gasteiger partial charge in [-0.2, -0.15) is 5.10 Å². The summed E-state index contributed by atoms with van der Waals surface area (Å²) in [5.41, 5.74) is 3.38. The average molecular weight is 289 g/mol. The molecule has 1 N–H and O–H groups in total. The van der Waals surface area contributed by atoms with Crippen molar-refractivity contribution in [3.63, 3.8) is 0 Å². The van der Waals surface area contributed by atoms with Gasteiger partial charge in [0.05, 0.1) is 25.1 Å². The van der Waals surface area contributed by atoms with Crippen LogP contribution in [0.4, 0.5) is 0 Å². The summed E-state index contributed by atoms with van der Waals surface area (Å²) >= 11 is 0. The lowest BCUT2D eigenvalue weighted by Crippen LogP contribution is -2.18. The van der Waals surface area contributed by atoms with E-state index in [1.807, 2.05) is 42.1 Å². The summed E-state index contributed by atoms with van der Waals surface area (Å²) in [4.78, 5) is 0. The molecule has 0 atom stereocenters. The van der Waals surface area contributed by atoms with Gasteiger partial charge in [-0.25, -0.2) is 4.68 Å². The van der Waals surface area contributed by atoms with Gasteiger partial charge in [0.2, 0.25) is 0 Å². The Labute approximate surface area is 125 Å². The fraction of sp³-hybridized carbons (Fsp3) is 0.438. The number of ether oxygens (including phenoxy) is 2. The summed E-state index contributed by atoms with van der Waals surface area (Å²) in [6.07, 6.45) is 1.91. The van der Waals surface area contributed by atoms with E-state index >= 15 is 0 Å². The number of hydrogen-bond acceptors (Lipinski definition) is 4. The molecule has 0 aliphatic rings. The van der Waals surface area contributed by atoms with E-state index in [4.69, 9.17) is 9.47 Å². The van der Waals surface area contributed by atoms with Gasteiger partial charge in [-0.05, 0) is 38.1 Å². The molecule has 0 spiro atoms. The maximum absolute atomic E-state index is 5.46. The highest BCUT2D eigenvalue weighted by Crippen LogP contribution is 2.18. The minimum atomic E-state index is 0.678. The number of nitrogens with zero attached hydrogens (tertiary/aromatic N) is 2. The van der Waals surface area contributed by atoms with Crippen molar-refractivity contribution in [2.24, 2.45) is 0 Å². The summed E-state index contributed by atoms with van der Waals surface area (Å²) in [6, 6.07) is 7.98. The van der Waals surface area contributed by atoms with Crippen LogP contribution in [0.25, 0.3) is 5.69 Å². The smallest absolute Gasteiger partial charge is 0.119 e. The van der Waals surface area contributed by atoms with E-state index in [0.717, 1.165) is 30.2 Å². The van der Waals surface area contributed by atoms with Gasteiger partial charge in [0.1, 0.15) is 5.75 Å². The summed E-state index contributed by atoms with van der Waals surface area (Å²) in [7, 11) is 1.71. The quantitative estimate of drug-likeness (QED) is 0.758. The molecular formula is C16H23N3O2. The Morgan fingerprint density at radius 3 is 2.67 bits per heavy atom. The van der Waals surface area contributed by atoms with E-state index in [9.17, 15) is 0 Å². The average Bonchev–Trinajstić information content (AvgIpc) is 2.86. The van der Waals surface area contributed by atoms with Crippen LogP contribution in [-0.4, -0.2) is 36.6 Å². The molecule has 0 fully saturated rings. The predicted molar refractivity (Wildman–Crippen MR) is 83.1 cm³/mol. The van der Waals surface area contributed by atoms with E-state index in [1.54, 1.807) is 7.11 Å². The van der Waals surface area contributed by atoms with Crippen molar-refractivity contribution in [3.05, 3.63) is 41.7 Å². The van der Waals surface area contributed by atoms with E-state index in [-0.39, 0.29) is 0 Å². The van der Waals surface area contributed by atoms with Crippen LogP contribution in [0.3, 0.4) is 0 Å². The van der Waals surface area contributed by atoms with Gasteiger partial charge >= 0.3 is 0 Å². The highest BCUT2D eigenvalue weighted by Gasteiger charge is 2.07. The first-order chi connectivity index (χ1) is 10.3. The van der Waals surface area contributed by atoms with Crippen molar-refractivity contribution < 1.29 is 9.47 Å². The number of methoxy groups -OCH3 is 1. The first-order valence-corrected chi connectivity index (χ1v) is 7.22. The standard InChI is InChI=1S/C16H23N3O2/c1-4-21-16-7-5-15(6-8-16)19-13(2)14(12-18-19)11-17-9-10-20-3/h5-8,12,17H,4,9-11H2,1-3H3. The zero-order valence-corrected chi connectivity index (χ0v) is 12.9. The monoisotopic (exact) mass is 289 g/mol. The fourth-order valence-corrected chi connectivity index (χ4v) is 2.12. The van der Waals surface area contributed by atoms with Gasteiger partial charge in [-0.1, -0.05) is 0 Å². The largest absolute Gasteiger partial charge is 0.494 e. The van der Waals surface area contributed by atoms with Gasteiger partial charge in [0, 0.05) is 31.5 Å². The lowest BCUT2D eigenvalue weighted by atomic mass is 10.2. The Morgan fingerprint density at radius 2 is 2.00 bits per heavy atom. The summed E-state index contributed by atoms with van der Waals surface area (Å²) in [5, 5.41) is 7.80. The molecule has 0 unspecified atom stereocenters. The molecule has 114 valence electrons. The van der Waals surface area contributed by atoms with Crippen LogP contribution in [0.15, 0.2) is 30.5 Å². The SMILES string of the molecule is CCOc1ccc(-n2ncc(CNCCOC)c2C)cc1. The van der Waals surface area contributed by atoms with E-state index in [1.165, 1.54) is 5.56 Å². The van der Waals surface area contributed by atoms with Crippen LogP contribution in [0.5, 0.6) is 5.75 Å². The van der Waals surface area contributed by atoms with Crippen LogP contribution in [-0.2, 0) is 11.3 Å². The van der Waals surface area contributed by atoms with Crippen molar-refractivity contribution >= 4 is 0 Å². The van der Waals surface area contributed by atoms with Crippen LogP contribution < -0.4 is 10.1 Å². The van der Waals surface area contributed by atoms with Crippen molar-refractivity contribution in [2.75, 3.05) is 26.9 Å². The third-order valence-electron chi connectivity index (χ3n) is 3.30. The zero-order valence-electron chi connectivity index (χ0n) is 12.9. The minimum Gasteiger partial charge on any atom is -0.494 e. The summed E-state index contributed by atoms with van der Waals surface area (Å²) < 4.78 is 12.4. The second-order valence-corrected chi connectivity index (χ2v) is 4.76. The zero-order chi connectivity index (χ0) is 15.1. The molecule has 0 saturated carbocycles. The molecule has 1 aromatic carbocycles. The lowest BCUT2D eigenvalue weighted by Gasteiger charge is -2.08. The molecule has 0 radical (unpaired) electrons. The maximum atomic E-state index is 5.46. The number of hydrogen-bond donors (Lipinski definition) is 1. The summed E-state index contributed by atoms with van der Waals surface area (Å²) in [5.74, 6) is 0.882. The van der Waals surface area contributed by atoms with Crippen LogP contribution in [0, 0.1) is 6.92 Å². The minimum absolute atomic E-state index is 0.678.